The predicted molar refractivity (Wildman–Crippen MR) is 64.0 cm³/mol. The van der Waals surface area contributed by atoms with Gasteiger partial charge in [0.25, 0.3) is 0 Å². The quantitative estimate of drug-likeness (QED) is 0.601. The van der Waals surface area contributed by atoms with Crippen molar-refractivity contribution in [3.63, 3.8) is 0 Å². The Morgan fingerprint density at radius 3 is 2.07 bits per heavy atom. The van der Waals surface area contributed by atoms with Crippen LogP contribution in [-0.2, 0) is 0 Å². The van der Waals surface area contributed by atoms with Gasteiger partial charge in [0.05, 0.1) is 0 Å². The summed E-state index contributed by atoms with van der Waals surface area (Å²) in [7, 11) is 0. The summed E-state index contributed by atoms with van der Waals surface area (Å²) in [5.74, 6) is 0. The molecule has 0 heterocycles. The van der Waals surface area contributed by atoms with Gasteiger partial charge in [0.2, 0.25) is 0 Å². The van der Waals surface area contributed by atoms with Gasteiger partial charge in [-0.15, -0.1) is 13.2 Å². The molecule has 0 heteroatoms. The van der Waals surface area contributed by atoms with Crippen LogP contribution in [0.3, 0.4) is 0 Å². The summed E-state index contributed by atoms with van der Waals surface area (Å²) in [5, 5.41) is 0. The second-order valence-electron chi connectivity index (χ2n) is 3.20. The van der Waals surface area contributed by atoms with Crippen molar-refractivity contribution in [2.45, 2.75) is 12.8 Å². The van der Waals surface area contributed by atoms with Crippen molar-refractivity contribution in [2.24, 2.45) is 0 Å². The zero-order chi connectivity index (χ0) is 10.2. The maximum absolute atomic E-state index is 3.75. The Balaban J connectivity index is 2.81. The van der Waals surface area contributed by atoms with Gasteiger partial charge in [-0.1, -0.05) is 54.1 Å². The zero-order valence-electron chi connectivity index (χ0n) is 8.45. The second kappa shape index (κ2) is 5.98. The molecule has 1 aromatic rings. The molecule has 14 heavy (non-hydrogen) atoms. The first-order valence-electron chi connectivity index (χ1n) is 4.83. The van der Waals surface area contributed by atoms with E-state index in [0.29, 0.717) is 0 Å². The van der Waals surface area contributed by atoms with Gasteiger partial charge in [-0.05, 0) is 18.4 Å². The summed E-state index contributed by atoms with van der Waals surface area (Å²) < 4.78 is 0. The number of hydrogen-bond donors (Lipinski definition) is 0. The zero-order valence-corrected chi connectivity index (χ0v) is 8.45. The molecule has 0 saturated heterocycles. The van der Waals surface area contributed by atoms with Crippen molar-refractivity contribution in [1.82, 2.24) is 0 Å². The third-order valence-electron chi connectivity index (χ3n) is 1.98. The van der Waals surface area contributed by atoms with E-state index in [1.807, 2.05) is 30.4 Å². The molecule has 0 saturated carbocycles. The van der Waals surface area contributed by atoms with Crippen LogP contribution in [0.4, 0.5) is 0 Å². The number of hydrogen-bond acceptors (Lipinski definition) is 0. The van der Waals surface area contributed by atoms with Gasteiger partial charge in [0, 0.05) is 0 Å². The lowest BCUT2D eigenvalue weighted by atomic mass is 10.1. The standard InChI is InChI=1S/C14H16/c1-3-8-13(9-4-2)12-14-10-6-5-7-11-14/h3-7,10-12H,1-2,8-9H2. The molecule has 0 N–H and O–H groups in total. The van der Waals surface area contributed by atoms with Crippen molar-refractivity contribution >= 4 is 6.08 Å². The molecule has 72 valence electrons. The fourth-order valence-electron chi connectivity index (χ4n) is 1.36. The molecule has 0 radical (unpaired) electrons. The molecule has 0 bridgehead atoms. The number of benzene rings is 1. The fraction of sp³-hybridized carbons (Fsp3) is 0.143. The highest BCUT2D eigenvalue weighted by atomic mass is 14.0. The van der Waals surface area contributed by atoms with E-state index in [2.05, 4.69) is 31.4 Å². The van der Waals surface area contributed by atoms with Gasteiger partial charge in [-0.2, -0.15) is 0 Å². The molecular formula is C14H16. The van der Waals surface area contributed by atoms with Crippen LogP contribution in [0.25, 0.3) is 6.08 Å². The Hall–Kier alpha value is -1.56. The lowest BCUT2D eigenvalue weighted by Crippen LogP contribution is -1.80. The lowest BCUT2D eigenvalue weighted by Gasteiger charge is -2.01. The smallest absolute Gasteiger partial charge is 0.0135 e. The molecule has 0 fully saturated rings. The highest BCUT2D eigenvalue weighted by Crippen LogP contribution is 2.13. The third kappa shape index (κ3) is 3.44. The fourth-order valence-corrected chi connectivity index (χ4v) is 1.36. The Morgan fingerprint density at radius 1 is 1.00 bits per heavy atom. The summed E-state index contributed by atoms with van der Waals surface area (Å²) in [6.45, 7) is 7.50. The van der Waals surface area contributed by atoms with Crippen LogP contribution >= 0.6 is 0 Å². The largest absolute Gasteiger partial charge is 0.103 e. The van der Waals surface area contributed by atoms with Crippen LogP contribution in [0, 0.1) is 0 Å². The summed E-state index contributed by atoms with van der Waals surface area (Å²) >= 11 is 0. The van der Waals surface area contributed by atoms with Crippen molar-refractivity contribution in [3.8, 4) is 0 Å². The van der Waals surface area contributed by atoms with E-state index in [-0.39, 0.29) is 0 Å². The predicted octanol–water partition coefficient (Wildman–Crippen LogP) is 4.22. The van der Waals surface area contributed by atoms with Gasteiger partial charge in [-0.25, -0.2) is 0 Å². The third-order valence-corrected chi connectivity index (χ3v) is 1.98. The van der Waals surface area contributed by atoms with Crippen molar-refractivity contribution in [3.05, 3.63) is 66.8 Å². The minimum Gasteiger partial charge on any atom is -0.103 e. The van der Waals surface area contributed by atoms with Crippen LogP contribution in [0.2, 0.25) is 0 Å². The second-order valence-corrected chi connectivity index (χ2v) is 3.20. The summed E-state index contributed by atoms with van der Waals surface area (Å²) in [4.78, 5) is 0. The first-order chi connectivity index (χ1) is 6.86. The lowest BCUT2D eigenvalue weighted by molar-refractivity contribution is 1.13. The Bertz CT molecular complexity index is 305. The van der Waals surface area contributed by atoms with Crippen LogP contribution in [0.1, 0.15) is 18.4 Å². The first-order valence-corrected chi connectivity index (χ1v) is 4.83. The molecule has 0 aliphatic heterocycles. The Kier molecular flexibility index (Phi) is 4.49. The molecule has 1 rings (SSSR count). The van der Waals surface area contributed by atoms with E-state index < -0.39 is 0 Å². The van der Waals surface area contributed by atoms with E-state index in [1.165, 1.54) is 11.1 Å². The topological polar surface area (TPSA) is 0 Å². The molecule has 0 aliphatic carbocycles. The minimum absolute atomic E-state index is 0.931. The number of allylic oxidation sites excluding steroid dienone is 3. The molecule has 0 nitrogen and oxygen atoms in total. The highest BCUT2D eigenvalue weighted by molar-refractivity contribution is 5.53. The Labute approximate surface area is 86.3 Å². The first kappa shape index (κ1) is 10.5. The Morgan fingerprint density at radius 2 is 1.57 bits per heavy atom. The van der Waals surface area contributed by atoms with E-state index in [9.17, 15) is 0 Å². The van der Waals surface area contributed by atoms with Crippen LogP contribution < -0.4 is 0 Å². The van der Waals surface area contributed by atoms with Gasteiger partial charge < -0.3 is 0 Å². The molecular weight excluding hydrogens is 168 g/mol. The monoisotopic (exact) mass is 184 g/mol. The van der Waals surface area contributed by atoms with Crippen molar-refractivity contribution < 1.29 is 0 Å². The molecule has 1 aromatic carbocycles. The van der Waals surface area contributed by atoms with Crippen LogP contribution in [0.15, 0.2) is 61.2 Å². The molecule has 0 unspecified atom stereocenters. The minimum atomic E-state index is 0.931. The summed E-state index contributed by atoms with van der Waals surface area (Å²) in [5.41, 5.74) is 2.59. The molecule has 0 aromatic heterocycles. The van der Waals surface area contributed by atoms with E-state index in [1.54, 1.807) is 0 Å². The van der Waals surface area contributed by atoms with Gasteiger partial charge in [-0.3, -0.25) is 0 Å². The average molecular weight is 184 g/mol. The van der Waals surface area contributed by atoms with Crippen molar-refractivity contribution in [1.29, 1.82) is 0 Å². The summed E-state index contributed by atoms with van der Waals surface area (Å²) in [6, 6.07) is 10.3. The van der Waals surface area contributed by atoms with Gasteiger partial charge in [0.15, 0.2) is 0 Å². The molecule has 0 atom stereocenters. The van der Waals surface area contributed by atoms with E-state index in [0.717, 1.165) is 12.8 Å². The maximum Gasteiger partial charge on any atom is -0.0135 e. The normalized spacial score (nSPS) is 9.14. The van der Waals surface area contributed by atoms with Crippen molar-refractivity contribution in [2.75, 3.05) is 0 Å². The van der Waals surface area contributed by atoms with Crippen LogP contribution in [-0.4, -0.2) is 0 Å². The molecule has 0 spiro atoms. The van der Waals surface area contributed by atoms with E-state index in [4.69, 9.17) is 0 Å². The SMILES string of the molecule is C=CCC(=Cc1ccccc1)CC=C. The highest BCUT2D eigenvalue weighted by Gasteiger charge is 1.92. The van der Waals surface area contributed by atoms with Crippen LogP contribution in [0.5, 0.6) is 0 Å². The van der Waals surface area contributed by atoms with E-state index >= 15 is 0 Å². The van der Waals surface area contributed by atoms with Gasteiger partial charge >= 0.3 is 0 Å². The summed E-state index contributed by atoms with van der Waals surface area (Å²) in [6.07, 6.45) is 7.92. The average Bonchev–Trinajstić information content (AvgIpc) is 2.20. The number of rotatable bonds is 5. The maximum atomic E-state index is 3.75. The molecule has 0 amide bonds. The molecule has 0 aliphatic rings. The van der Waals surface area contributed by atoms with Gasteiger partial charge in [0.1, 0.15) is 0 Å².